The Balaban J connectivity index is 1.72. The molecule has 0 radical (unpaired) electrons. The fourth-order valence-electron chi connectivity index (χ4n) is 3.26. The van der Waals surface area contributed by atoms with Gasteiger partial charge in [0.15, 0.2) is 0 Å². The standard InChI is InChI=1S/C16H18IN3O3/c17-11-1-3-12(4-2-11)20-14(21)9-13(16(20)23)19-7-5-10(6-8-19)15(18)22/h1-4,10,13H,5-9H2,(H2,18,22)/t13-/m1/s1. The molecule has 7 heteroatoms. The zero-order valence-electron chi connectivity index (χ0n) is 12.6. The fourth-order valence-corrected chi connectivity index (χ4v) is 3.62. The molecule has 3 amide bonds. The lowest BCUT2D eigenvalue weighted by molar-refractivity contribution is -0.124. The predicted molar refractivity (Wildman–Crippen MR) is 93.5 cm³/mol. The third-order valence-corrected chi connectivity index (χ3v) is 5.30. The van der Waals surface area contributed by atoms with Crippen molar-refractivity contribution in [1.82, 2.24) is 4.90 Å². The SMILES string of the molecule is NC(=O)C1CCN([C@@H]2CC(=O)N(c3ccc(I)cc3)C2=O)CC1. The monoisotopic (exact) mass is 427 g/mol. The van der Waals surface area contributed by atoms with Crippen LogP contribution in [0.4, 0.5) is 5.69 Å². The predicted octanol–water partition coefficient (Wildman–Crippen LogP) is 1.12. The van der Waals surface area contributed by atoms with Crippen LogP contribution >= 0.6 is 22.6 Å². The van der Waals surface area contributed by atoms with Crippen LogP contribution in [0.15, 0.2) is 24.3 Å². The van der Waals surface area contributed by atoms with Crippen LogP contribution in [-0.4, -0.2) is 41.8 Å². The van der Waals surface area contributed by atoms with Crippen LogP contribution in [0, 0.1) is 9.49 Å². The first-order chi connectivity index (χ1) is 11.0. The summed E-state index contributed by atoms with van der Waals surface area (Å²) in [5.74, 6) is -0.739. The van der Waals surface area contributed by atoms with Gasteiger partial charge in [-0.3, -0.25) is 19.3 Å². The molecule has 2 heterocycles. The molecule has 23 heavy (non-hydrogen) atoms. The van der Waals surface area contributed by atoms with E-state index in [-0.39, 0.29) is 30.1 Å². The number of halogens is 1. The number of nitrogens with zero attached hydrogens (tertiary/aromatic N) is 2. The van der Waals surface area contributed by atoms with E-state index in [1.54, 1.807) is 12.1 Å². The molecule has 2 saturated heterocycles. The summed E-state index contributed by atoms with van der Waals surface area (Å²) < 4.78 is 1.05. The number of piperidine rings is 1. The number of hydrogen-bond donors (Lipinski definition) is 1. The summed E-state index contributed by atoms with van der Waals surface area (Å²) in [4.78, 5) is 39.5. The maximum atomic E-state index is 12.7. The van der Waals surface area contributed by atoms with Gasteiger partial charge < -0.3 is 5.73 Å². The van der Waals surface area contributed by atoms with E-state index in [2.05, 4.69) is 22.6 Å². The quantitative estimate of drug-likeness (QED) is 0.579. The lowest BCUT2D eigenvalue weighted by Gasteiger charge is -2.33. The Morgan fingerprint density at radius 3 is 2.30 bits per heavy atom. The van der Waals surface area contributed by atoms with Crippen molar-refractivity contribution in [3.8, 4) is 0 Å². The summed E-state index contributed by atoms with van der Waals surface area (Å²) in [7, 11) is 0. The summed E-state index contributed by atoms with van der Waals surface area (Å²) in [5.41, 5.74) is 5.96. The highest BCUT2D eigenvalue weighted by Gasteiger charge is 2.43. The number of carbonyl (C=O) groups is 3. The Labute approximate surface area is 148 Å². The van der Waals surface area contributed by atoms with Crippen LogP contribution in [-0.2, 0) is 14.4 Å². The van der Waals surface area contributed by atoms with Crippen LogP contribution in [0.2, 0.25) is 0 Å². The second-order valence-corrected chi connectivity index (χ2v) is 7.22. The summed E-state index contributed by atoms with van der Waals surface area (Å²) in [5, 5.41) is 0. The van der Waals surface area contributed by atoms with E-state index in [0.29, 0.717) is 31.6 Å². The average Bonchev–Trinajstić information content (AvgIpc) is 2.83. The van der Waals surface area contributed by atoms with Crippen LogP contribution < -0.4 is 10.6 Å². The first-order valence-electron chi connectivity index (χ1n) is 7.63. The number of anilines is 1. The van der Waals surface area contributed by atoms with Crippen molar-refractivity contribution in [2.45, 2.75) is 25.3 Å². The molecule has 0 unspecified atom stereocenters. The van der Waals surface area contributed by atoms with E-state index in [1.165, 1.54) is 4.90 Å². The lowest BCUT2D eigenvalue weighted by Crippen LogP contribution is -2.47. The number of rotatable bonds is 3. The van der Waals surface area contributed by atoms with Gasteiger partial charge in [-0.15, -0.1) is 0 Å². The first kappa shape index (κ1) is 16.4. The average molecular weight is 427 g/mol. The molecule has 2 N–H and O–H groups in total. The molecule has 6 nitrogen and oxygen atoms in total. The van der Waals surface area contributed by atoms with Crippen molar-refractivity contribution in [2.75, 3.05) is 18.0 Å². The van der Waals surface area contributed by atoms with Crippen molar-refractivity contribution in [3.63, 3.8) is 0 Å². The molecule has 1 atom stereocenters. The number of primary amides is 1. The summed E-state index contributed by atoms with van der Waals surface area (Å²) in [6, 6.07) is 6.92. The summed E-state index contributed by atoms with van der Waals surface area (Å²) >= 11 is 2.18. The number of imide groups is 1. The van der Waals surface area contributed by atoms with Crippen molar-refractivity contribution >= 4 is 46.0 Å². The number of benzene rings is 1. The van der Waals surface area contributed by atoms with Gasteiger partial charge in [-0.2, -0.15) is 0 Å². The molecule has 0 aliphatic carbocycles. The molecular formula is C16H18IN3O3. The maximum Gasteiger partial charge on any atom is 0.251 e. The molecule has 0 bridgehead atoms. The number of likely N-dealkylation sites (tertiary alicyclic amines) is 1. The van der Waals surface area contributed by atoms with Crippen LogP contribution in [0.1, 0.15) is 19.3 Å². The first-order valence-corrected chi connectivity index (χ1v) is 8.71. The zero-order valence-corrected chi connectivity index (χ0v) is 14.7. The fraction of sp³-hybridized carbons (Fsp3) is 0.438. The third kappa shape index (κ3) is 3.25. The molecule has 1 aromatic rings. The highest BCUT2D eigenvalue weighted by Crippen LogP contribution is 2.28. The largest absolute Gasteiger partial charge is 0.369 e. The van der Waals surface area contributed by atoms with E-state index in [1.807, 2.05) is 17.0 Å². The molecule has 122 valence electrons. The molecule has 0 saturated carbocycles. The highest BCUT2D eigenvalue weighted by atomic mass is 127. The Hall–Kier alpha value is -1.48. The van der Waals surface area contributed by atoms with E-state index < -0.39 is 6.04 Å². The number of carbonyl (C=O) groups excluding carboxylic acids is 3. The van der Waals surface area contributed by atoms with Crippen LogP contribution in [0.3, 0.4) is 0 Å². The summed E-state index contributed by atoms with van der Waals surface area (Å²) in [6.45, 7) is 1.25. The number of amides is 3. The number of nitrogens with two attached hydrogens (primary N) is 1. The molecular weight excluding hydrogens is 409 g/mol. The second-order valence-electron chi connectivity index (χ2n) is 5.98. The Bertz CT molecular complexity index is 638. The minimum absolute atomic E-state index is 0.120. The highest BCUT2D eigenvalue weighted by molar-refractivity contribution is 14.1. The van der Waals surface area contributed by atoms with E-state index >= 15 is 0 Å². The van der Waals surface area contributed by atoms with Crippen molar-refractivity contribution < 1.29 is 14.4 Å². The van der Waals surface area contributed by atoms with Gasteiger partial charge in [-0.1, -0.05) is 0 Å². The zero-order chi connectivity index (χ0) is 16.6. The number of hydrogen-bond acceptors (Lipinski definition) is 4. The van der Waals surface area contributed by atoms with Crippen molar-refractivity contribution in [3.05, 3.63) is 27.8 Å². The van der Waals surface area contributed by atoms with Gasteiger partial charge in [0.1, 0.15) is 0 Å². The molecule has 1 aromatic carbocycles. The Morgan fingerprint density at radius 2 is 1.74 bits per heavy atom. The molecule has 0 spiro atoms. The van der Waals surface area contributed by atoms with E-state index in [4.69, 9.17) is 5.73 Å². The smallest absolute Gasteiger partial charge is 0.251 e. The van der Waals surface area contributed by atoms with Crippen LogP contribution in [0.25, 0.3) is 0 Å². The minimum Gasteiger partial charge on any atom is -0.369 e. The van der Waals surface area contributed by atoms with Gasteiger partial charge in [0, 0.05) is 9.49 Å². The van der Waals surface area contributed by atoms with Gasteiger partial charge >= 0.3 is 0 Å². The Morgan fingerprint density at radius 1 is 1.13 bits per heavy atom. The van der Waals surface area contributed by atoms with Crippen LogP contribution in [0.5, 0.6) is 0 Å². The molecule has 2 aliphatic heterocycles. The molecule has 2 fully saturated rings. The van der Waals surface area contributed by atoms with Gasteiger partial charge in [0.2, 0.25) is 11.8 Å². The molecule has 2 aliphatic rings. The second kappa shape index (κ2) is 6.56. The van der Waals surface area contributed by atoms with Gasteiger partial charge in [-0.05, 0) is 72.8 Å². The Kier molecular flexibility index (Phi) is 4.67. The summed E-state index contributed by atoms with van der Waals surface area (Å²) in [6.07, 6.45) is 1.50. The topological polar surface area (TPSA) is 83.7 Å². The maximum absolute atomic E-state index is 12.7. The molecule has 3 rings (SSSR count). The van der Waals surface area contributed by atoms with Gasteiger partial charge in [0.05, 0.1) is 18.2 Å². The van der Waals surface area contributed by atoms with Crippen molar-refractivity contribution in [1.29, 1.82) is 0 Å². The van der Waals surface area contributed by atoms with Crippen molar-refractivity contribution in [2.24, 2.45) is 11.7 Å². The van der Waals surface area contributed by atoms with Gasteiger partial charge in [0.25, 0.3) is 5.91 Å². The van der Waals surface area contributed by atoms with E-state index in [0.717, 1.165) is 3.57 Å². The van der Waals surface area contributed by atoms with Gasteiger partial charge in [-0.25, -0.2) is 4.90 Å². The normalized spacial score (nSPS) is 23.5. The molecule has 0 aromatic heterocycles. The van der Waals surface area contributed by atoms with E-state index in [9.17, 15) is 14.4 Å². The third-order valence-electron chi connectivity index (χ3n) is 4.58. The lowest BCUT2D eigenvalue weighted by atomic mass is 9.95. The minimum atomic E-state index is -0.421.